The molecule has 576 valence electrons. The van der Waals surface area contributed by atoms with Gasteiger partial charge < -0.3 is 33.8 Å². The molecule has 0 aromatic carbocycles. The van der Waals surface area contributed by atoms with E-state index in [1.54, 1.807) is 0 Å². The van der Waals surface area contributed by atoms with Gasteiger partial charge in [0.15, 0.2) is 12.2 Å². The third kappa shape index (κ3) is 72.2. The molecule has 0 bridgehead atoms. The van der Waals surface area contributed by atoms with Gasteiger partial charge in [0, 0.05) is 25.7 Å². The monoisotopic (exact) mass is 1420 g/mol. The summed E-state index contributed by atoms with van der Waals surface area (Å²) in [5, 5.41) is 10.6. The maximum Gasteiger partial charge on any atom is 0.472 e. The normalized spacial score (nSPS) is 14.0. The van der Waals surface area contributed by atoms with E-state index in [0.717, 1.165) is 108 Å². The highest BCUT2D eigenvalue weighted by Gasteiger charge is 2.30. The Kier molecular flexibility index (Phi) is 68.4. The summed E-state index contributed by atoms with van der Waals surface area (Å²) >= 11 is 0. The quantitative estimate of drug-likeness (QED) is 0.0222. The smallest absolute Gasteiger partial charge is 0.462 e. The van der Waals surface area contributed by atoms with E-state index < -0.39 is 97.5 Å². The van der Waals surface area contributed by atoms with Crippen LogP contribution in [0.5, 0.6) is 0 Å². The number of ether oxygens (including phenoxy) is 4. The fraction of sp³-hybridized carbons (Fsp3) is 0.949. The van der Waals surface area contributed by atoms with Crippen molar-refractivity contribution in [2.75, 3.05) is 39.6 Å². The van der Waals surface area contributed by atoms with Gasteiger partial charge in [-0.1, -0.05) is 356 Å². The number of aliphatic hydroxyl groups excluding tert-OH is 1. The highest BCUT2D eigenvalue weighted by Crippen LogP contribution is 2.45. The molecule has 0 fully saturated rings. The maximum absolute atomic E-state index is 13.1. The van der Waals surface area contributed by atoms with E-state index in [9.17, 15) is 43.2 Å². The molecule has 2 unspecified atom stereocenters. The van der Waals surface area contributed by atoms with Gasteiger partial charge in [0.1, 0.15) is 19.3 Å². The van der Waals surface area contributed by atoms with Gasteiger partial charge in [-0.3, -0.25) is 37.3 Å². The van der Waals surface area contributed by atoms with E-state index in [1.807, 2.05) is 0 Å². The van der Waals surface area contributed by atoms with Crippen molar-refractivity contribution in [3.05, 3.63) is 0 Å². The van der Waals surface area contributed by atoms with Crippen LogP contribution in [0.3, 0.4) is 0 Å². The zero-order valence-electron chi connectivity index (χ0n) is 63.4. The number of rotatable bonds is 77. The molecule has 0 spiro atoms. The molecule has 5 atom stereocenters. The Morgan fingerprint density at radius 1 is 0.278 bits per heavy atom. The standard InChI is InChI=1S/C78H152O17P2/c1-7-9-11-13-15-17-18-32-38-44-50-56-62-77(82)94-73(66-88-75(80)60-54-48-42-16-14-12-10-8-2)68-92-96(84,85)90-64-72(79)65-91-97(86,87)93-69-74(67-89-76(81)61-55-49-43-37-33-29-25-27-31-36-41-47-53-59-71(5)6)95-78(83)63-57-51-45-39-34-28-24-22-20-19-21-23-26-30-35-40-46-52-58-70(3)4/h70-74,79H,7-69H2,1-6H3,(H,84,85)(H,86,87)/t72-,73+,74+/m0/s1. The van der Waals surface area contributed by atoms with Crippen LogP contribution in [0.1, 0.15) is 408 Å². The van der Waals surface area contributed by atoms with Crippen molar-refractivity contribution < 1.29 is 80.2 Å². The largest absolute Gasteiger partial charge is 0.472 e. The number of hydrogen-bond acceptors (Lipinski definition) is 15. The molecular formula is C78H152O17P2. The molecule has 0 aliphatic rings. The lowest BCUT2D eigenvalue weighted by Crippen LogP contribution is -2.30. The number of hydrogen-bond donors (Lipinski definition) is 3. The van der Waals surface area contributed by atoms with Crippen LogP contribution in [0.4, 0.5) is 0 Å². The lowest BCUT2D eigenvalue weighted by Gasteiger charge is -2.21. The van der Waals surface area contributed by atoms with Gasteiger partial charge in [-0.15, -0.1) is 0 Å². The molecule has 0 amide bonds. The first-order chi connectivity index (χ1) is 46.9. The summed E-state index contributed by atoms with van der Waals surface area (Å²) in [5.74, 6) is -0.503. The fourth-order valence-electron chi connectivity index (χ4n) is 12.0. The Balaban J connectivity index is 5.18. The summed E-state index contributed by atoms with van der Waals surface area (Å²) in [6.45, 7) is 9.64. The second-order valence-corrected chi connectivity index (χ2v) is 32.0. The highest BCUT2D eigenvalue weighted by molar-refractivity contribution is 7.47. The first-order valence-electron chi connectivity index (χ1n) is 40.5. The van der Waals surface area contributed by atoms with Crippen molar-refractivity contribution in [2.24, 2.45) is 11.8 Å². The number of unbranched alkanes of at least 4 members (excludes halogenated alkanes) is 47. The summed E-state index contributed by atoms with van der Waals surface area (Å²) in [7, 11) is -9.91. The average Bonchev–Trinajstić information content (AvgIpc) is 1.58. The van der Waals surface area contributed by atoms with Crippen LogP contribution < -0.4 is 0 Å². The number of carbonyl (C=O) groups excluding carboxylic acids is 4. The summed E-state index contributed by atoms with van der Waals surface area (Å²) in [4.78, 5) is 72.8. The summed E-state index contributed by atoms with van der Waals surface area (Å²) in [6.07, 6.45) is 58.3. The zero-order valence-corrected chi connectivity index (χ0v) is 65.2. The van der Waals surface area contributed by atoms with Crippen molar-refractivity contribution in [2.45, 2.75) is 426 Å². The third-order valence-corrected chi connectivity index (χ3v) is 20.1. The first-order valence-corrected chi connectivity index (χ1v) is 43.5. The number of esters is 4. The van der Waals surface area contributed by atoms with Crippen LogP contribution in [0.25, 0.3) is 0 Å². The third-order valence-electron chi connectivity index (χ3n) is 18.2. The molecule has 97 heavy (non-hydrogen) atoms. The van der Waals surface area contributed by atoms with E-state index in [4.69, 9.17) is 37.0 Å². The van der Waals surface area contributed by atoms with Crippen molar-refractivity contribution in [1.29, 1.82) is 0 Å². The van der Waals surface area contributed by atoms with Gasteiger partial charge in [0.2, 0.25) is 0 Å². The van der Waals surface area contributed by atoms with Gasteiger partial charge in [-0.25, -0.2) is 9.13 Å². The van der Waals surface area contributed by atoms with Crippen molar-refractivity contribution >= 4 is 39.5 Å². The minimum atomic E-state index is -4.96. The van der Waals surface area contributed by atoms with Crippen LogP contribution in [0, 0.1) is 11.8 Å². The van der Waals surface area contributed by atoms with Crippen LogP contribution in [0.15, 0.2) is 0 Å². The van der Waals surface area contributed by atoms with E-state index >= 15 is 0 Å². The summed E-state index contributed by atoms with van der Waals surface area (Å²) in [6, 6.07) is 0. The minimum Gasteiger partial charge on any atom is -0.462 e. The SMILES string of the molecule is CCCCCCCCCCCCCCC(=O)O[C@H](COC(=O)CCCCCCCCCC)COP(=O)(O)OC[C@H](O)COP(=O)(O)OC[C@@H](COC(=O)CCCCCCCCCCCCCCCC(C)C)OC(=O)CCCCCCCCCCCCCCCCCCCCC(C)C. The molecular weight excluding hydrogens is 1270 g/mol. The predicted molar refractivity (Wildman–Crippen MR) is 395 cm³/mol. The molecule has 0 radical (unpaired) electrons. The topological polar surface area (TPSA) is 237 Å². The minimum absolute atomic E-state index is 0.107. The Labute approximate surface area is 594 Å². The van der Waals surface area contributed by atoms with E-state index in [-0.39, 0.29) is 25.7 Å². The zero-order chi connectivity index (χ0) is 71.4. The average molecular weight is 1420 g/mol. The van der Waals surface area contributed by atoms with Crippen molar-refractivity contribution in [3.63, 3.8) is 0 Å². The van der Waals surface area contributed by atoms with Crippen LogP contribution in [0.2, 0.25) is 0 Å². The number of phosphoric ester groups is 2. The first kappa shape index (κ1) is 95.1. The van der Waals surface area contributed by atoms with Crippen LogP contribution >= 0.6 is 15.6 Å². The molecule has 0 aromatic heterocycles. The molecule has 0 saturated heterocycles. The lowest BCUT2D eigenvalue weighted by molar-refractivity contribution is -0.161. The maximum atomic E-state index is 13.1. The van der Waals surface area contributed by atoms with Crippen LogP contribution in [-0.4, -0.2) is 96.7 Å². The molecule has 17 nitrogen and oxygen atoms in total. The van der Waals surface area contributed by atoms with E-state index in [2.05, 4.69) is 41.5 Å². The van der Waals surface area contributed by atoms with Gasteiger partial charge in [0.25, 0.3) is 0 Å². The number of phosphoric acid groups is 2. The van der Waals surface area contributed by atoms with E-state index in [0.29, 0.717) is 25.7 Å². The Morgan fingerprint density at radius 2 is 0.474 bits per heavy atom. The second kappa shape index (κ2) is 69.8. The van der Waals surface area contributed by atoms with Gasteiger partial charge in [-0.2, -0.15) is 0 Å². The summed E-state index contributed by atoms with van der Waals surface area (Å²) < 4.78 is 68.5. The Morgan fingerprint density at radius 3 is 0.701 bits per heavy atom. The number of carbonyl (C=O) groups is 4. The lowest BCUT2D eigenvalue weighted by atomic mass is 10.0. The second-order valence-electron chi connectivity index (χ2n) is 29.1. The molecule has 0 aliphatic heterocycles. The van der Waals surface area contributed by atoms with Crippen molar-refractivity contribution in [3.8, 4) is 0 Å². The van der Waals surface area contributed by atoms with E-state index in [1.165, 1.54) is 218 Å². The number of aliphatic hydroxyl groups is 1. The summed E-state index contributed by atoms with van der Waals surface area (Å²) in [5.41, 5.74) is 0. The molecule has 0 rings (SSSR count). The molecule has 0 saturated carbocycles. The molecule has 0 aliphatic carbocycles. The van der Waals surface area contributed by atoms with Gasteiger partial charge in [0.05, 0.1) is 26.4 Å². The Bertz CT molecular complexity index is 1870. The van der Waals surface area contributed by atoms with Crippen molar-refractivity contribution in [1.82, 2.24) is 0 Å². The fourth-order valence-corrected chi connectivity index (χ4v) is 13.6. The molecule has 3 N–H and O–H groups in total. The molecule has 0 aromatic rings. The predicted octanol–water partition coefficient (Wildman–Crippen LogP) is 23.1. The Hall–Kier alpha value is -1.94. The van der Waals surface area contributed by atoms with Crippen LogP contribution in [-0.2, 0) is 65.4 Å². The molecule has 0 heterocycles. The van der Waals surface area contributed by atoms with Gasteiger partial charge >= 0.3 is 39.5 Å². The van der Waals surface area contributed by atoms with Gasteiger partial charge in [-0.05, 0) is 37.5 Å². The molecule has 19 heteroatoms. The highest BCUT2D eigenvalue weighted by atomic mass is 31.2.